The summed E-state index contributed by atoms with van der Waals surface area (Å²) in [6.45, 7) is 3.08. The molecular weight excluding hydrogens is 713 g/mol. The number of hydrogen-bond donors (Lipinski definition) is 2. The number of aromatic nitrogens is 1. The Kier molecular flexibility index (Phi) is 10.2. The van der Waals surface area contributed by atoms with Crippen LogP contribution in [0.2, 0.25) is 10.0 Å². The minimum Gasteiger partial charge on any atom is -0.619 e. The molecule has 1 unspecified atom stereocenters. The van der Waals surface area contributed by atoms with Crippen LogP contribution in [0.5, 0.6) is 11.5 Å². The van der Waals surface area contributed by atoms with Gasteiger partial charge in [-0.25, -0.2) is 9.59 Å². The van der Waals surface area contributed by atoms with Crippen molar-refractivity contribution in [2.45, 2.75) is 56.2 Å². The molecule has 51 heavy (non-hydrogen) atoms. The molecule has 2 aromatic heterocycles. The van der Waals surface area contributed by atoms with Crippen molar-refractivity contribution >= 4 is 46.5 Å². The standard InChI is InChI=1S/C38H39Cl2N3O7S/c1-48-32-8-7-24(15-33(32)49-2)26(17-28-30(39)19-43(47)20-31(28)40)27-16-25(51-35(27)36(44)45)18-41-38(12-9-22-5-3-4-6-29(22)38)37(46)50-34-21-42-13-10-23(34)11-14-42/h3-8,15-16,19-20,23,26,34,41H,9-14,17-18,21H2,1-2H3,(H,44,45)/t26-,34-,38?/m0/s1. The molecule has 8 rings (SSSR count). The molecule has 3 aliphatic heterocycles. The number of hydrogen-bond acceptors (Lipinski definition) is 9. The summed E-state index contributed by atoms with van der Waals surface area (Å²) in [6, 6.07) is 15.2. The maximum atomic E-state index is 14.3. The van der Waals surface area contributed by atoms with Gasteiger partial charge in [0.1, 0.15) is 26.6 Å². The largest absolute Gasteiger partial charge is 0.619 e. The number of piperidine rings is 3. The number of aryl methyl sites for hydroxylation is 1. The number of carboxylic acids is 1. The molecule has 13 heteroatoms. The van der Waals surface area contributed by atoms with Crippen molar-refractivity contribution < 1.29 is 33.6 Å². The minimum atomic E-state index is -1.09. The van der Waals surface area contributed by atoms with Gasteiger partial charge < -0.3 is 24.5 Å². The number of pyridine rings is 1. The zero-order chi connectivity index (χ0) is 35.9. The Balaban J connectivity index is 1.24. The van der Waals surface area contributed by atoms with E-state index in [4.69, 9.17) is 37.4 Å². The zero-order valence-electron chi connectivity index (χ0n) is 28.3. The van der Waals surface area contributed by atoms with Crippen LogP contribution in [-0.2, 0) is 34.5 Å². The van der Waals surface area contributed by atoms with Crippen LogP contribution in [0, 0.1) is 11.1 Å². The van der Waals surface area contributed by atoms with E-state index in [9.17, 15) is 19.9 Å². The lowest BCUT2D eigenvalue weighted by atomic mass is 9.85. The third kappa shape index (κ3) is 6.90. The fraction of sp³-hybridized carbons (Fsp3) is 0.395. The van der Waals surface area contributed by atoms with Gasteiger partial charge >= 0.3 is 11.9 Å². The van der Waals surface area contributed by atoms with E-state index >= 15 is 0 Å². The maximum absolute atomic E-state index is 14.3. The van der Waals surface area contributed by atoms with Crippen LogP contribution in [0.25, 0.3) is 0 Å². The number of rotatable bonds is 12. The van der Waals surface area contributed by atoms with Gasteiger partial charge in [-0.1, -0.05) is 53.5 Å². The summed E-state index contributed by atoms with van der Waals surface area (Å²) >= 11 is 14.2. The van der Waals surface area contributed by atoms with E-state index < -0.39 is 17.4 Å². The van der Waals surface area contributed by atoms with E-state index in [0.29, 0.717) is 39.7 Å². The van der Waals surface area contributed by atoms with Crippen LogP contribution < -0.4 is 19.5 Å². The predicted molar refractivity (Wildman–Crippen MR) is 194 cm³/mol. The first-order valence-electron chi connectivity index (χ1n) is 17.0. The Labute approximate surface area is 310 Å². The number of carbonyl (C=O) groups excluding carboxylic acids is 1. The number of thiophene rings is 1. The lowest BCUT2D eigenvalue weighted by molar-refractivity contribution is -0.605. The predicted octanol–water partition coefficient (Wildman–Crippen LogP) is 6.35. The van der Waals surface area contributed by atoms with Crippen molar-refractivity contribution in [1.29, 1.82) is 0 Å². The molecule has 3 fully saturated rings. The number of aromatic carboxylic acids is 1. The highest BCUT2D eigenvalue weighted by molar-refractivity contribution is 7.14. The van der Waals surface area contributed by atoms with E-state index in [1.807, 2.05) is 36.4 Å². The first-order valence-corrected chi connectivity index (χ1v) is 18.6. The fourth-order valence-electron chi connectivity index (χ4n) is 7.98. The summed E-state index contributed by atoms with van der Waals surface area (Å²) in [7, 11) is 3.07. The fourth-order valence-corrected chi connectivity index (χ4v) is 9.58. The van der Waals surface area contributed by atoms with E-state index in [-0.39, 0.29) is 40.0 Å². The Bertz CT molecular complexity index is 1940. The number of carbonyl (C=O) groups is 2. The third-order valence-electron chi connectivity index (χ3n) is 10.7. The number of esters is 1. The molecule has 5 heterocycles. The average molecular weight is 753 g/mol. The smallest absolute Gasteiger partial charge is 0.346 e. The summed E-state index contributed by atoms with van der Waals surface area (Å²) < 4.78 is 18.0. The van der Waals surface area contributed by atoms with Crippen LogP contribution >= 0.6 is 34.5 Å². The van der Waals surface area contributed by atoms with Gasteiger partial charge in [-0.2, -0.15) is 4.73 Å². The van der Waals surface area contributed by atoms with E-state index in [2.05, 4.69) is 10.2 Å². The summed E-state index contributed by atoms with van der Waals surface area (Å²) in [4.78, 5) is 30.4. The molecular formula is C38H39Cl2N3O7S. The molecule has 3 atom stereocenters. The van der Waals surface area contributed by atoms with Crippen molar-refractivity contribution in [3.05, 3.63) is 114 Å². The number of benzene rings is 2. The van der Waals surface area contributed by atoms with Gasteiger partial charge in [-0.05, 0) is 91.6 Å². The molecule has 0 radical (unpaired) electrons. The molecule has 0 spiro atoms. The van der Waals surface area contributed by atoms with Gasteiger partial charge in [-0.15, -0.1) is 11.3 Å². The Morgan fingerprint density at radius 1 is 1.08 bits per heavy atom. The van der Waals surface area contributed by atoms with Crippen LogP contribution in [-0.4, -0.2) is 61.9 Å². The first-order chi connectivity index (χ1) is 24.6. The van der Waals surface area contributed by atoms with Gasteiger partial charge in [0.05, 0.1) is 14.2 Å². The molecule has 0 amide bonds. The third-order valence-corrected chi connectivity index (χ3v) is 12.5. The highest BCUT2D eigenvalue weighted by Crippen LogP contribution is 2.43. The molecule has 4 aliphatic rings. The van der Waals surface area contributed by atoms with Crippen LogP contribution in [0.3, 0.4) is 0 Å². The highest BCUT2D eigenvalue weighted by atomic mass is 35.5. The Morgan fingerprint density at radius 3 is 2.47 bits per heavy atom. The molecule has 268 valence electrons. The van der Waals surface area contributed by atoms with Crippen molar-refractivity contribution in [3.63, 3.8) is 0 Å². The number of carboxylic acid groups (broad SMARTS) is 1. The second kappa shape index (κ2) is 14.6. The SMILES string of the molecule is COc1ccc([C@H](Cc2c(Cl)c[n+]([O-])cc2Cl)c2cc(CNC3(C(=O)O[C@H]4CN5CCC4CC5)CCc4ccccc43)sc2C(=O)O)cc1OC. The molecule has 4 aromatic rings. The van der Waals surface area contributed by atoms with E-state index in [1.54, 1.807) is 19.2 Å². The lowest BCUT2D eigenvalue weighted by Gasteiger charge is -2.45. The second-order valence-corrected chi connectivity index (χ2v) is 15.4. The van der Waals surface area contributed by atoms with Crippen molar-refractivity contribution in [2.24, 2.45) is 5.92 Å². The number of halogens is 2. The molecule has 3 saturated heterocycles. The molecule has 2 bridgehead atoms. The summed E-state index contributed by atoms with van der Waals surface area (Å²) in [5, 5.41) is 26.5. The normalized spacial score (nSPS) is 22.7. The molecule has 2 aromatic carbocycles. The van der Waals surface area contributed by atoms with Gasteiger partial charge in [0, 0.05) is 29.4 Å². The molecule has 1 aliphatic carbocycles. The summed E-state index contributed by atoms with van der Waals surface area (Å²) in [5.74, 6) is -0.569. The Hall–Kier alpha value is -3.87. The summed E-state index contributed by atoms with van der Waals surface area (Å²) in [5.41, 5.74) is 2.71. The maximum Gasteiger partial charge on any atom is 0.346 e. The minimum absolute atomic E-state index is 0.143. The molecule has 10 nitrogen and oxygen atoms in total. The van der Waals surface area contributed by atoms with E-state index in [0.717, 1.165) is 71.8 Å². The van der Waals surface area contributed by atoms with Crippen LogP contribution in [0.15, 0.2) is 60.9 Å². The van der Waals surface area contributed by atoms with Crippen molar-refractivity contribution in [2.75, 3.05) is 33.9 Å². The molecule has 0 saturated carbocycles. The highest BCUT2D eigenvalue weighted by Gasteiger charge is 2.48. The Morgan fingerprint density at radius 2 is 1.80 bits per heavy atom. The zero-order valence-corrected chi connectivity index (χ0v) is 30.7. The van der Waals surface area contributed by atoms with Crippen LogP contribution in [0.4, 0.5) is 0 Å². The number of ether oxygens (including phenoxy) is 3. The van der Waals surface area contributed by atoms with E-state index in [1.165, 1.54) is 19.5 Å². The van der Waals surface area contributed by atoms with Crippen molar-refractivity contribution in [1.82, 2.24) is 10.2 Å². The average Bonchev–Trinajstić information content (AvgIpc) is 3.73. The van der Waals surface area contributed by atoms with Gasteiger partial charge in [0.15, 0.2) is 23.9 Å². The van der Waals surface area contributed by atoms with Gasteiger partial charge in [0.25, 0.3) is 0 Å². The first kappa shape index (κ1) is 35.5. The second-order valence-electron chi connectivity index (χ2n) is 13.5. The number of fused-ring (bicyclic) bond motifs is 4. The monoisotopic (exact) mass is 751 g/mol. The van der Waals surface area contributed by atoms with Crippen molar-refractivity contribution in [3.8, 4) is 11.5 Å². The van der Waals surface area contributed by atoms with Crippen LogP contribution in [0.1, 0.15) is 67.5 Å². The lowest BCUT2D eigenvalue weighted by Crippen LogP contribution is -2.55. The number of nitrogens with zero attached hydrogens (tertiary/aromatic N) is 2. The topological polar surface area (TPSA) is 124 Å². The number of methoxy groups -OCH3 is 2. The summed E-state index contributed by atoms with van der Waals surface area (Å²) in [6.07, 6.45) is 5.82. The number of nitrogens with one attached hydrogen (secondary N) is 1. The molecule has 2 N–H and O–H groups in total. The van der Waals surface area contributed by atoms with Gasteiger partial charge in [0.2, 0.25) is 0 Å². The quantitative estimate of drug-likeness (QED) is 0.0969. The van der Waals surface area contributed by atoms with Gasteiger partial charge in [-0.3, -0.25) is 10.2 Å².